The van der Waals surface area contributed by atoms with Gasteiger partial charge in [-0.05, 0) is 67.0 Å². The zero-order chi connectivity index (χ0) is 22.1. The first-order chi connectivity index (χ1) is 14.8. The fraction of sp³-hybridized carbons (Fsp3) is 0.261. The van der Waals surface area contributed by atoms with E-state index in [0.29, 0.717) is 27.8 Å². The predicted molar refractivity (Wildman–Crippen MR) is 124 cm³/mol. The summed E-state index contributed by atoms with van der Waals surface area (Å²) >= 11 is 11.6. The Hall–Kier alpha value is -2.77. The summed E-state index contributed by atoms with van der Waals surface area (Å²) in [5.41, 5.74) is 3.19. The van der Waals surface area contributed by atoms with Crippen LogP contribution in [0.15, 0.2) is 58.8 Å². The molecule has 0 aliphatic carbocycles. The van der Waals surface area contributed by atoms with Crippen LogP contribution in [0, 0.1) is 11.7 Å². The first-order valence-electron chi connectivity index (χ1n) is 9.97. The van der Waals surface area contributed by atoms with Crippen molar-refractivity contribution in [2.45, 2.75) is 26.8 Å². The summed E-state index contributed by atoms with van der Waals surface area (Å²) in [7, 11) is 0. The zero-order valence-electron chi connectivity index (χ0n) is 17.4. The number of halogens is 2. The average Bonchev–Trinajstić information content (AvgIpc) is 3.20. The van der Waals surface area contributed by atoms with Crippen LogP contribution < -0.4 is 5.32 Å². The lowest BCUT2D eigenvalue weighted by Gasteiger charge is -2.38. The Morgan fingerprint density at radius 2 is 1.97 bits per heavy atom. The lowest BCUT2D eigenvalue weighted by Crippen LogP contribution is -2.47. The molecule has 3 aromatic rings. The maximum Gasteiger partial charge on any atom is 0.258 e. The molecule has 1 atom stereocenters. The summed E-state index contributed by atoms with van der Waals surface area (Å²) in [6.07, 6.45) is 0. The third-order valence-corrected chi connectivity index (χ3v) is 5.68. The van der Waals surface area contributed by atoms with Crippen molar-refractivity contribution < 1.29 is 8.91 Å². The van der Waals surface area contributed by atoms with Crippen LogP contribution in [-0.2, 0) is 0 Å². The molecule has 4 rings (SSSR count). The topological polar surface area (TPSA) is 54.2 Å². The van der Waals surface area contributed by atoms with Gasteiger partial charge < -0.3 is 14.7 Å². The van der Waals surface area contributed by atoms with Gasteiger partial charge >= 0.3 is 0 Å². The minimum Gasteiger partial charge on any atom is -0.351 e. The lowest BCUT2D eigenvalue weighted by atomic mass is 9.94. The molecule has 2 heterocycles. The van der Waals surface area contributed by atoms with E-state index in [2.05, 4.69) is 29.3 Å². The molecular formula is C23H22ClFN4OS. The van der Waals surface area contributed by atoms with Crippen LogP contribution >= 0.6 is 23.8 Å². The van der Waals surface area contributed by atoms with Crippen molar-refractivity contribution in [1.29, 1.82) is 0 Å². The molecule has 0 fully saturated rings. The smallest absolute Gasteiger partial charge is 0.258 e. The molecule has 0 bridgehead atoms. The monoisotopic (exact) mass is 456 g/mol. The van der Waals surface area contributed by atoms with Crippen molar-refractivity contribution in [1.82, 2.24) is 20.4 Å². The quantitative estimate of drug-likeness (QED) is 0.486. The van der Waals surface area contributed by atoms with Gasteiger partial charge in [0.1, 0.15) is 5.82 Å². The molecule has 5 nitrogen and oxygen atoms in total. The van der Waals surface area contributed by atoms with Crippen molar-refractivity contribution in [3.8, 4) is 11.4 Å². The molecule has 0 saturated heterocycles. The molecular weight excluding hydrogens is 435 g/mol. The fourth-order valence-electron chi connectivity index (χ4n) is 3.63. The maximum absolute atomic E-state index is 14.0. The van der Waals surface area contributed by atoms with E-state index in [4.69, 9.17) is 28.3 Å². The van der Waals surface area contributed by atoms with Crippen LogP contribution in [0.2, 0.25) is 5.02 Å². The Labute approximate surface area is 190 Å². The van der Waals surface area contributed by atoms with E-state index in [1.807, 2.05) is 30.0 Å². The Bertz CT molecular complexity index is 1140. The van der Waals surface area contributed by atoms with E-state index in [-0.39, 0.29) is 5.82 Å². The maximum atomic E-state index is 14.0. The second-order valence-corrected chi connectivity index (χ2v) is 8.69. The predicted octanol–water partition coefficient (Wildman–Crippen LogP) is 5.85. The highest BCUT2D eigenvalue weighted by Gasteiger charge is 2.34. The number of benzene rings is 2. The molecule has 0 radical (unpaired) electrons. The number of rotatable bonds is 5. The molecule has 1 unspecified atom stereocenters. The Morgan fingerprint density at radius 1 is 1.23 bits per heavy atom. The van der Waals surface area contributed by atoms with Crippen LogP contribution in [0.5, 0.6) is 0 Å². The standard InChI is InChI=1S/C23H22ClFN4OS/c1-13(2)12-29-14(3)19(20(26-23(29)31)16-5-4-6-18(25)11-16)22-27-21(28-30-22)15-7-9-17(24)10-8-15/h4-11,13,20H,12H2,1-3H3,(H,26,31). The van der Waals surface area contributed by atoms with Gasteiger partial charge in [0.15, 0.2) is 5.11 Å². The van der Waals surface area contributed by atoms with E-state index < -0.39 is 6.04 Å². The van der Waals surface area contributed by atoms with Gasteiger partial charge in [0.05, 0.1) is 11.6 Å². The van der Waals surface area contributed by atoms with E-state index >= 15 is 0 Å². The minimum absolute atomic E-state index is 0.320. The molecule has 160 valence electrons. The first-order valence-corrected chi connectivity index (χ1v) is 10.8. The Morgan fingerprint density at radius 3 is 2.65 bits per heavy atom. The van der Waals surface area contributed by atoms with Crippen molar-refractivity contribution in [3.05, 3.63) is 76.5 Å². The molecule has 1 aromatic heterocycles. The highest BCUT2D eigenvalue weighted by Crippen LogP contribution is 2.37. The molecule has 1 aliphatic heterocycles. The van der Waals surface area contributed by atoms with Gasteiger partial charge in [0.2, 0.25) is 5.82 Å². The SMILES string of the molecule is CC1=C(c2nc(-c3ccc(Cl)cc3)no2)C(c2cccc(F)c2)NC(=S)N1CC(C)C. The highest BCUT2D eigenvalue weighted by molar-refractivity contribution is 7.80. The molecule has 2 aromatic carbocycles. The summed E-state index contributed by atoms with van der Waals surface area (Å²) in [4.78, 5) is 6.66. The molecule has 31 heavy (non-hydrogen) atoms. The summed E-state index contributed by atoms with van der Waals surface area (Å²) in [6, 6.07) is 13.2. The minimum atomic E-state index is -0.412. The van der Waals surface area contributed by atoms with Crippen LogP contribution in [0.4, 0.5) is 4.39 Å². The van der Waals surface area contributed by atoms with Gasteiger partial charge in [0.25, 0.3) is 5.89 Å². The summed E-state index contributed by atoms with van der Waals surface area (Å²) < 4.78 is 19.7. The number of aromatic nitrogens is 2. The van der Waals surface area contributed by atoms with E-state index in [1.165, 1.54) is 12.1 Å². The van der Waals surface area contributed by atoms with Crippen LogP contribution in [-0.4, -0.2) is 26.7 Å². The molecule has 1 N–H and O–H groups in total. The number of nitrogens with zero attached hydrogens (tertiary/aromatic N) is 3. The molecule has 0 spiro atoms. The van der Waals surface area contributed by atoms with Gasteiger partial charge in [-0.2, -0.15) is 4.98 Å². The second kappa shape index (κ2) is 8.77. The lowest BCUT2D eigenvalue weighted by molar-refractivity contribution is 0.385. The number of allylic oxidation sites excluding steroid dienone is 1. The summed E-state index contributed by atoms with van der Waals surface area (Å²) in [5, 5.41) is 8.71. The third kappa shape index (κ3) is 4.48. The van der Waals surface area contributed by atoms with Crippen LogP contribution in [0.1, 0.15) is 38.3 Å². The molecule has 1 aliphatic rings. The average molecular weight is 457 g/mol. The zero-order valence-corrected chi connectivity index (χ0v) is 19.0. The van der Waals surface area contributed by atoms with Gasteiger partial charge in [-0.1, -0.05) is 42.7 Å². The number of hydrogen-bond donors (Lipinski definition) is 1. The van der Waals surface area contributed by atoms with Gasteiger partial charge in [-0.3, -0.25) is 0 Å². The fourth-order valence-corrected chi connectivity index (χ4v) is 4.08. The van der Waals surface area contributed by atoms with Crippen LogP contribution in [0.25, 0.3) is 17.0 Å². The van der Waals surface area contributed by atoms with E-state index in [1.54, 1.807) is 18.2 Å². The molecule has 0 saturated carbocycles. The molecule has 8 heteroatoms. The van der Waals surface area contributed by atoms with Crippen molar-refractivity contribution >= 4 is 34.5 Å². The van der Waals surface area contributed by atoms with Crippen LogP contribution in [0.3, 0.4) is 0 Å². The molecule has 0 amide bonds. The van der Waals surface area contributed by atoms with Crippen molar-refractivity contribution in [2.24, 2.45) is 5.92 Å². The number of thiocarbonyl (C=S) groups is 1. The van der Waals surface area contributed by atoms with Crippen molar-refractivity contribution in [2.75, 3.05) is 6.54 Å². The second-order valence-electron chi connectivity index (χ2n) is 7.87. The largest absolute Gasteiger partial charge is 0.351 e. The summed E-state index contributed by atoms with van der Waals surface area (Å²) in [6.45, 7) is 6.96. The van der Waals surface area contributed by atoms with Gasteiger partial charge in [-0.15, -0.1) is 0 Å². The van der Waals surface area contributed by atoms with Gasteiger partial charge in [-0.25, -0.2) is 4.39 Å². The van der Waals surface area contributed by atoms with Gasteiger partial charge in [0, 0.05) is 22.8 Å². The Kier molecular flexibility index (Phi) is 6.07. The summed E-state index contributed by atoms with van der Waals surface area (Å²) in [5.74, 6) is 0.877. The highest BCUT2D eigenvalue weighted by atomic mass is 35.5. The van der Waals surface area contributed by atoms with E-state index in [9.17, 15) is 4.39 Å². The number of nitrogens with one attached hydrogen (secondary N) is 1. The third-order valence-electron chi connectivity index (χ3n) is 5.08. The normalized spacial score (nSPS) is 16.8. The van der Waals surface area contributed by atoms with Crippen molar-refractivity contribution in [3.63, 3.8) is 0 Å². The van der Waals surface area contributed by atoms with E-state index in [0.717, 1.165) is 28.9 Å². The Balaban J connectivity index is 1.82. The number of hydrogen-bond acceptors (Lipinski definition) is 4. The first kappa shape index (κ1) is 21.5.